The van der Waals surface area contributed by atoms with Crippen LogP contribution in [0.5, 0.6) is 0 Å². The lowest BCUT2D eigenvalue weighted by Crippen LogP contribution is -2.42. The number of hydrogen-bond acceptors (Lipinski definition) is 4. The summed E-state index contributed by atoms with van der Waals surface area (Å²) in [5.74, 6) is 0.961. The smallest absolute Gasteiger partial charge is 0.258 e. The van der Waals surface area contributed by atoms with Gasteiger partial charge in [0, 0.05) is 19.4 Å². The Labute approximate surface area is 178 Å². The lowest BCUT2D eigenvalue weighted by molar-refractivity contribution is -0.131. The molecule has 1 spiro atoms. The fourth-order valence-electron chi connectivity index (χ4n) is 4.19. The first-order valence-corrected chi connectivity index (χ1v) is 10.6. The molecule has 5 heteroatoms. The molecule has 1 amide bonds. The van der Waals surface area contributed by atoms with Crippen LogP contribution in [0.2, 0.25) is 0 Å². The molecule has 2 aromatic carbocycles. The molecule has 2 heterocycles. The summed E-state index contributed by atoms with van der Waals surface area (Å²) in [7, 11) is 0. The van der Waals surface area contributed by atoms with Crippen LogP contribution in [0.3, 0.4) is 0 Å². The maximum absolute atomic E-state index is 13.2. The predicted molar refractivity (Wildman–Crippen MR) is 117 cm³/mol. The highest BCUT2D eigenvalue weighted by Crippen LogP contribution is 2.34. The molecule has 0 N–H and O–H groups in total. The molecule has 1 saturated heterocycles. The lowest BCUT2D eigenvalue weighted by atomic mass is 9.97. The molecule has 2 aliphatic heterocycles. The van der Waals surface area contributed by atoms with Gasteiger partial charge in [-0.1, -0.05) is 55.3 Å². The van der Waals surface area contributed by atoms with Crippen molar-refractivity contribution in [2.45, 2.75) is 51.6 Å². The zero-order valence-electron chi connectivity index (χ0n) is 17.6. The van der Waals surface area contributed by atoms with Crippen LogP contribution < -0.4 is 0 Å². The minimum Gasteiger partial charge on any atom is -0.378 e. The lowest BCUT2D eigenvalue weighted by Gasteiger charge is -2.22. The van der Waals surface area contributed by atoms with Crippen molar-refractivity contribution >= 4 is 11.7 Å². The fraction of sp³-hybridized carbons (Fsp3) is 0.400. The molecule has 1 unspecified atom stereocenters. The number of carbonyl (C=O) groups is 1. The molecule has 0 saturated carbocycles. The number of aryl methyl sites for hydroxylation is 1. The molecule has 2 aliphatic rings. The molecule has 5 nitrogen and oxygen atoms in total. The number of ether oxygens (including phenoxy) is 1. The maximum Gasteiger partial charge on any atom is 0.258 e. The van der Waals surface area contributed by atoms with Crippen molar-refractivity contribution < 1.29 is 9.53 Å². The van der Waals surface area contributed by atoms with Crippen LogP contribution in [0.25, 0.3) is 11.1 Å². The average molecular weight is 402 g/mol. The summed E-state index contributed by atoms with van der Waals surface area (Å²) in [5, 5.41) is 9.43. The number of amidine groups is 1. The van der Waals surface area contributed by atoms with Crippen molar-refractivity contribution in [2.75, 3.05) is 13.2 Å². The highest BCUT2D eigenvalue weighted by atomic mass is 16.5. The van der Waals surface area contributed by atoms with Gasteiger partial charge in [-0.2, -0.15) is 5.26 Å². The Bertz CT molecular complexity index is 1010. The van der Waals surface area contributed by atoms with Gasteiger partial charge in [-0.3, -0.25) is 14.7 Å². The number of aliphatic imine (C=N–C) groups is 1. The van der Waals surface area contributed by atoms with Gasteiger partial charge in [-0.25, -0.2) is 0 Å². The van der Waals surface area contributed by atoms with Gasteiger partial charge in [0.05, 0.1) is 24.8 Å². The van der Waals surface area contributed by atoms with Crippen molar-refractivity contribution in [2.24, 2.45) is 4.99 Å². The third kappa shape index (κ3) is 3.76. The van der Waals surface area contributed by atoms with Crippen LogP contribution in [0.15, 0.2) is 47.5 Å². The van der Waals surface area contributed by atoms with Gasteiger partial charge in [0.2, 0.25) is 0 Å². The molecule has 30 heavy (non-hydrogen) atoms. The van der Waals surface area contributed by atoms with Crippen molar-refractivity contribution in [1.82, 2.24) is 4.90 Å². The molecule has 0 aliphatic carbocycles. The summed E-state index contributed by atoms with van der Waals surface area (Å²) in [6.07, 6.45) is 3.57. The quantitative estimate of drug-likeness (QED) is 0.709. The Hall–Kier alpha value is -2.97. The van der Waals surface area contributed by atoms with E-state index in [2.05, 4.69) is 13.0 Å². The van der Waals surface area contributed by atoms with Crippen LogP contribution in [0, 0.1) is 18.3 Å². The standard InChI is InChI=1S/C25H27N3O2/c1-3-4-5-23-27-25(12-13-30-17-25)24(29)28(23)16-19-7-10-20(11-8-19)22-14-18(2)6-9-21(22)15-26/h6-11,14H,3-5,12-13,16-17H2,1-2H3. The Morgan fingerprint density at radius 3 is 2.70 bits per heavy atom. The molecule has 4 rings (SSSR count). The largest absolute Gasteiger partial charge is 0.378 e. The number of carbonyl (C=O) groups excluding carboxylic acids is 1. The van der Waals surface area contributed by atoms with Crippen LogP contribution in [0.1, 0.15) is 49.3 Å². The van der Waals surface area contributed by atoms with Gasteiger partial charge in [0.15, 0.2) is 5.54 Å². The number of benzene rings is 2. The van der Waals surface area contributed by atoms with E-state index in [1.165, 1.54) is 0 Å². The number of hydrogen-bond donors (Lipinski definition) is 0. The van der Waals surface area contributed by atoms with Crippen LogP contribution in [-0.2, 0) is 16.1 Å². The van der Waals surface area contributed by atoms with Gasteiger partial charge in [-0.05, 0) is 36.1 Å². The van der Waals surface area contributed by atoms with Crippen molar-refractivity contribution in [3.63, 3.8) is 0 Å². The monoisotopic (exact) mass is 401 g/mol. The summed E-state index contributed by atoms with van der Waals surface area (Å²) in [4.78, 5) is 19.9. The highest BCUT2D eigenvalue weighted by molar-refractivity contribution is 6.08. The number of amides is 1. The topological polar surface area (TPSA) is 65.7 Å². The van der Waals surface area contributed by atoms with Gasteiger partial charge in [0.1, 0.15) is 5.84 Å². The summed E-state index contributed by atoms with van der Waals surface area (Å²) in [5.41, 5.74) is 4.09. The minimum atomic E-state index is -0.702. The normalized spacial score (nSPS) is 20.6. The molecule has 0 bridgehead atoms. The van der Waals surface area contributed by atoms with Crippen LogP contribution in [-0.4, -0.2) is 35.4 Å². The van der Waals surface area contributed by atoms with Crippen LogP contribution >= 0.6 is 0 Å². The zero-order chi connectivity index (χ0) is 21.1. The minimum absolute atomic E-state index is 0.0700. The van der Waals surface area contributed by atoms with E-state index in [9.17, 15) is 10.1 Å². The first-order valence-electron chi connectivity index (χ1n) is 10.6. The Morgan fingerprint density at radius 1 is 1.23 bits per heavy atom. The molecule has 0 aromatic heterocycles. The van der Waals surface area contributed by atoms with Crippen molar-refractivity contribution in [3.8, 4) is 17.2 Å². The second-order valence-corrected chi connectivity index (χ2v) is 8.21. The SMILES string of the molecule is CCCCC1=NC2(CCOC2)C(=O)N1Cc1ccc(-c2cc(C)ccc2C#N)cc1. The van der Waals surface area contributed by atoms with E-state index in [4.69, 9.17) is 9.73 Å². The molecule has 2 aromatic rings. The maximum atomic E-state index is 13.2. The first-order chi connectivity index (χ1) is 14.6. The number of rotatable bonds is 6. The third-order valence-electron chi connectivity index (χ3n) is 5.95. The van der Waals surface area contributed by atoms with Gasteiger partial charge in [-0.15, -0.1) is 0 Å². The van der Waals surface area contributed by atoms with Gasteiger partial charge < -0.3 is 4.74 Å². The molecule has 154 valence electrons. The van der Waals surface area contributed by atoms with Crippen molar-refractivity contribution in [3.05, 3.63) is 59.2 Å². The predicted octanol–water partition coefficient (Wildman–Crippen LogP) is 4.62. The summed E-state index contributed by atoms with van der Waals surface area (Å²) in [6, 6.07) is 16.3. The average Bonchev–Trinajstić information content (AvgIpc) is 3.33. The van der Waals surface area contributed by atoms with Crippen molar-refractivity contribution in [1.29, 1.82) is 5.26 Å². The Kier molecular flexibility index (Phi) is 5.69. The van der Waals surface area contributed by atoms with E-state index in [0.717, 1.165) is 47.4 Å². The third-order valence-corrected chi connectivity index (χ3v) is 5.95. The Balaban J connectivity index is 1.57. The molecular weight excluding hydrogens is 374 g/mol. The second kappa shape index (κ2) is 8.41. The van der Waals surface area contributed by atoms with Crippen LogP contribution in [0.4, 0.5) is 0 Å². The summed E-state index contributed by atoms with van der Waals surface area (Å²) >= 11 is 0. The molecule has 1 fully saturated rings. The van der Waals surface area contributed by atoms with E-state index >= 15 is 0 Å². The highest BCUT2D eigenvalue weighted by Gasteiger charge is 2.50. The number of nitriles is 1. The number of unbranched alkanes of at least 4 members (excludes halogenated alkanes) is 1. The second-order valence-electron chi connectivity index (χ2n) is 8.21. The van der Waals surface area contributed by atoms with E-state index < -0.39 is 5.54 Å². The summed E-state index contributed by atoms with van der Waals surface area (Å²) in [6.45, 7) is 5.67. The Morgan fingerprint density at radius 2 is 2.03 bits per heavy atom. The summed E-state index contributed by atoms with van der Waals surface area (Å²) < 4.78 is 5.52. The molecule has 0 radical (unpaired) electrons. The number of nitrogens with zero attached hydrogens (tertiary/aromatic N) is 3. The van der Waals surface area contributed by atoms with E-state index in [1.54, 1.807) is 0 Å². The molecular formula is C25H27N3O2. The van der Waals surface area contributed by atoms with E-state index in [-0.39, 0.29) is 5.91 Å². The fourth-order valence-corrected chi connectivity index (χ4v) is 4.19. The van der Waals surface area contributed by atoms with E-state index in [0.29, 0.717) is 31.7 Å². The molecule has 1 atom stereocenters. The van der Waals surface area contributed by atoms with E-state index in [1.807, 2.05) is 54.3 Å². The van der Waals surface area contributed by atoms with Gasteiger partial charge >= 0.3 is 0 Å². The zero-order valence-corrected chi connectivity index (χ0v) is 17.6. The van der Waals surface area contributed by atoms with Gasteiger partial charge in [0.25, 0.3) is 5.91 Å². The first kappa shape index (κ1) is 20.3.